The number of halogens is 3. The van der Waals surface area contributed by atoms with Gasteiger partial charge in [-0.1, -0.05) is 0 Å². The average molecular weight is 328 g/mol. The van der Waals surface area contributed by atoms with Gasteiger partial charge in [-0.05, 0) is 12.2 Å². The monoisotopic (exact) mass is 328 g/mol. The lowest BCUT2D eigenvalue weighted by Gasteiger charge is -2.28. The molecule has 1 aliphatic rings. The third kappa shape index (κ3) is 7.81. The van der Waals surface area contributed by atoms with Crippen molar-refractivity contribution in [1.82, 2.24) is 10.2 Å². The van der Waals surface area contributed by atoms with Gasteiger partial charge in [0, 0.05) is 19.5 Å². The molecule has 0 aromatic heterocycles. The van der Waals surface area contributed by atoms with Crippen molar-refractivity contribution >= 4 is 29.2 Å². The minimum Gasteiger partial charge on any atom is -0.456 e. The molecular formula is C11H15F3N2O4S. The number of nitrogens with zero attached hydrogens (tertiary/aromatic N) is 1. The summed E-state index contributed by atoms with van der Waals surface area (Å²) < 4.78 is 44.5. The van der Waals surface area contributed by atoms with Crippen LogP contribution in [0.3, 0.4) is 0 Å². The zero-order valence-corrected chi connectivity index (χ0v) is 11.9. The van der Waals surface area contributed by atoms with E-state index in [9.17, 15) is 22.8 Å². The van der Waals surface area contributed by atoms with Gasteiger partial charge >= 0.3 is 12.1 Å². The van der Waals surface area contributed by atoms with Crippen molar-refractivity contribution in [2.75, 3.05) is 32.9 Å². The Morgan fingerprint density at radius 2 is 1.86 bits per heavy atom. The van der Waals surface area contributed by atoms with Gasteiger partial charge < -0.3 is 19.7 Å². The highest BCUT2D eigenvalue weighted by atomic mass is 32.1. The van der Waals surface area contributed by atoms with Gasteiger partial charge in [-0.15, -0.1) is 0 Å². The number of ether oxygens (including phenoxy) is 2. The molecule has 1 amide bonds. The number of alkyl halides is 3. The number of thiocarbonyl (C=S) groups is 1. The zero-order chi connectivity index (χ0) is 15.9. The molecule has 0 aromatic carbocycles. The van der Waals surface area contributed by atoms with Crippen molar-refractivity contribution in [1.29, 1.82) is 0 Å². The molecule has 6 nitrogen and oxygen atoms in total. The van der Waals surface area contributed by atoms with Crippen molar-refractivity contribution in [2.45, 2.75) is 19.0 Å². The molecule has 0 unspecified atom stereocenters. The number of hydrogen-bond donors (Lipinski definition) is 1. The largest absolute Gasteiger partial charge is 0.456 e. The van der Waals surface area contributed by atoms with E-state index in [0.29, 0.717) is 26.3 Å². The minimum absolute atomic E-state index is 0.215. The van der Waals surface area contributed by atoms with Crippen molar-refractivity contribution in [3.05, 3.63) is 0 Å². The molecular weight excluding hydrogens is 313 g/mol. The summed E-state index contributed by atoms with van der Waals surface area (Å²) in [5, 5.41) is 2.62. The van der Waals surface area contributed by atoms with Crippen LogP contribution in [0.5, 0.6) is 0 Å². The molecule has 0 saturated carbocycles. The number of rotatable bonds is 4. The first-order chi connectivity index (χ1) is 9.78. The zero-order valence-electron chi connectivity index (χ0n) is 11.1. The summed E-state index contributed by atoms with van der Waals surface area (Å²) in [4.78, 5) is 24.3. The first-order valence-electron chi connectivity index (χ1n) is 6.17. The van der Waals surface area contributed by atoms with Gasteiger partial charge in [0.1, 0.15) is 0 Å². The van der Waals surface area contributed by atoms with Crippen LogP contribution in [0, 0.1) is 0 Å². The van der Waals surface area contributed by atoms with E-state index >= 15 is 0 Å². The van der Waals surface area contributed by atoms with Crippen LogP contribution in [0.15, 0.2) is 0 Å². The summed E-state index contributed by atoms with van der Waals surface area (Å²) in [5.74, 6) is -1.63. The van der Waals surface area contributed by atoms with E-state index in [1.165, 1.54) is 0 Å². The molecule has 0 aliphatic carbocycles. The molecule has 10 heteroatoms. The van der Waals surface area contributed by atoms with Gasteiger partial charge in [-0.2, -0.15) is 13.2 Å². The second kappa shape index (κ2) is 8.13. The summed E-state index contributed by atoms with van der Waals surface area (Å²) >= 11 is 5.00. The van der Waals surface area contributed by atoms with Gasteiger partial charge in [0.05, 0.1) is 19.6 Å². The number of amides is 1. The molecule has 21 heavy (non-hydrogen) atoms. The maximum Gasteiger partial charge on any atom is 0.422 e. The minimum atomic E-state index is -4.57. The van der Waals surface area contributed by atoms with E-state index in [1.54, 1.807) is 4.90 Å². The number of hydrogen-bond acceptors (Lipinski definition) is 5. The Balaban J connectivity index is 2.21. The lowest BCUT2D eigenvalue weighted by atomic mass is 10.3. The van der Waals surface area contributed by atoms with E-state index in [-0.39, 0.29) is 11.5 Å². The molecule has 1 fully saturated rings. The van der Waals surface area contributed by atoms with Gasteiger partial charge in [0.2, 0.25) is 5.91 Å². The Bertz CT molecular complexity index is 397. The fraction of sp³-hybridized carbons (Fsp3) is 0.727. The second-order valence-corrected chi connectivity index (χ2v) is 4.62. The van der Waals surface area contributed by atoms with Crippen LogP contribution < -0.4 is 5.32 Å². The molecule has 0 bridgehead atoms. The van der Waals surface area contributed by atoms with E-state index in [4.69, 9.17) is 17.0 Å². The van der Waals surface area contributed by atoms with Crippen LogP contribution in [-0.4, -0.2) is 61.0 Å². The van der Waals surface area contributed by atoms with Gasteiger partial charge in [0.15, 0.2) is 11.7 Å². The fourth-order valence-electron chi connectivity index (χ4n) is 1.48. The van der Waals surface area contributed by atoms with Crippen molar-refractivity contribution in [3.8, 4) is 0 Å². The lowest BCUT2D eigenvalue weighted by molar-refractivity contribution is -0.186. The third-order valence-electron chi connectivity index (χ3n) is 2.50. The molecule has 0 spiro atoms. The van der Waals surface area contributed by atoms with Crippen LogP contribution >= 0.6 is 12.2 Å². The number of nitrogens with one attached hydrogen (secondary N) is 1. The van der Waals surface area contributed by atoms with Gasteiger partial charge in [-0.3, -0.25) is 9.59 Å². The third-order valence-corrected chi connectivity index (χ3v) is 2.86. The van der Waals surface area contributed by atoms with Crippen LogP contribution in [0.4, 0.5) is 13.2 Å². The molecule has 0 radical (unpaired) electrons. The van der Waals surface area contributed by atoms with Crippen molar-refractivity contribution in [2.24, 2.45) is 0 Å². The summed E-state index contributed by atoms with van der Waals surface area (Å²) in [6.45, 7) is 0.443. The Labute approximate surface area is 124 Å². The molecule has 1 heterocycles. The second-order valence-electron chi connectivity index (χ2n) is 4.23. The number of esters is 1. The summed E-state index contributed by atoms with van der Waals surface area (Å²) in [6.07, 6.45) is -5.30. The van der Waals surface area contributed by atoms with Crippen LogP contribution in [0.25, 0.3) is 0 Å². The Morgan fingerprint density at radius 1 is 1.24 bits per heavy atom. The molecule has 120 valence electrons. The molecule has 1 aliphatic heterocycles. The predicted octanol–water partition coefficient (Wildman–Crippen LogP) is 0.605. The summed E-state index contributed by atoms with van der Waals surface area (Å²) in [7, 11) is 0. The van der Waals surface area contributed by atoms with E-state index in [2.05, 4.69) is 10.1 Å². The van der Waals surface area contributed by atoms with E-state index in [0.717, 1.165) is 0 Å². The smallest absolute Gasteiger partial charge is 0.422 e. The summed E-state index contributed by atoms with van der Waals surface area (Å²) in [6, 6.07) is 0. The van der Waals surface area contributed by atoms with Crippen LogP contribution in [-0.2, 0) is 19.1 Å². The number of carbonyl (C=O) groups excluding carboxylic acids is 2. The average Bonchev–Trinajstić information content (AvgIpc) is 2.43. The van der Waals surface area contributed by atoms with Gasteiger partial charge in [-0.25, -0.2) is 0 Å². The quantitative estimate of drug-likeness (QED) is 0.602. The fourth-order valence-corrected chi connectivity index (χ4v) is 1.77. The molecule has 0 atom stereocenters. The number of carbonyl (C=O) groups is 2. The molecule has 1 N–H and O–H groups in total. The predicted molar refractivity (Wildman–Crippen MR) is 69.4 cm³/mol. The maximum atomic E-state index is 11.8. The highest BCUT2D eigenvalue weighted by Gasteiger charge is 2.29. The molecule has 1 rings (SSSR count). The highest BCUT2D eigenvalue weighted by Crippen LogP contribution is 2.14. The van der Waals surface area contributed by atoms with Crippen molar-refractivity contribution < 1.29 is 32.2 Å². The summed E-state index contributed by atoms with van der Waals surface area (Å²) in [5.41, 5.74) is 0. The molecule has 1 saturated heterocycles. The standard InChI is InChI=1S/C11H15F3N2O4S/c12-11(13,14)7-20-9(18)2-1-8(17)15-10(21)16-3-5-19-6-4-16/h1-7H2,(H,15,17,21). The van der Waals surface area contributed by atoms with Gasteiger partial charge in [0.25, 0.3) is 0 Å². The van der Waals surface area contributed by atoms with Crippen LogP contribution in [0.1, 0.15) is 12.8 Å². The normalized spacial score (nSPS) is 15.5. The van der Waals surface area contributed by atoms with E-state index < -0.39 is 31.1 Å². The topological polar surface area (TPSA) is 67.9 Å². The highest BCUT2D eigenvalue weighted by molar-refractivity contribution is 7.80. The Morgan fingerprint density at radius 3 is 2.43 bits per heavy atom. The lowest BCUT2D eigenvalue weighted by Crippen LogP contribution is -2.47. The maximum absolute atomic E-state index is 11.8. The first-order valence-corrected chi connectivity index (χ1v) is 6.57. The Hall–Kier alpha value is -1.42. The first kappa shape index (κ1) is 17.6. The van der Waals surface area contributed by atoms with E-state index in [1.807, 2.05) is 0 Å². The van der Waals surface area contributed by atoms with Crippen LogP contribution in [0.2, 0.25) is 0 Å². The van der Waals surface area contributed by atoms with Crippen molar-refractivity contribution in [3.63, 3.8) is 0 Å². The Kier molecular flexibility index (Phi) is 6.82. The molecule has 0 aromatic rings. The SMILES string of the molecule is O=C(CCC(=O)OCC(F)(F)F)NC(=S)N1CCOCC1. The number of morpholine rings is 1.